The van der Waals surface area contributed by atoms with Gasteiger partial charge in [0.15, 0.2) is 5.82 Å². The molecule has 3 heterocycles. The predicted octanol–water partition coefficient (Wildman–Crippen LogP) is 1.87. The molecule has 9 nitrogen and oxygen atoms in total. The Morgan fingerprint density at radius 1 is 1.24 bits per heavy atom. The number of aliphatic carboxylic acids is 1. The fourth-order valence-corrected chi connectivity index (χ4v) is 3.41. The number of aromatic amines is 1. The average molecular weight is 396 g/mol. The fraction of sp³-hybridized carbons (Fsp3) is 0.211. The highest BCUT2D eigenvalue weighted by molar-refractivity contribution is 5.97. The first-order valence-electron chi connectivity index (χ1n) is 8.80. The van der Waals surface area contributed by atoms with Crippen LogP contribution in [0, 0.1) is 19.7 Å². The van der Waals surface area contributed by atoms with Crippen molar-refractivity contribution >= 4 is 16.9 Å². The minimum atomic E-state index is -1.02. The number of nitrogens with zero attached hydrogens (tertiary/aromatic N) is 5. The molecule has 0 bridgehead atoms. The number of rotatable bonds is 5. The summed E-state index contributed by atoms with van der Waals surface area (Å²) in [5, 5.41) is 20.9. The van der Waals surface area contributed by atoms with Crippen LogP contribution in [-0.2, 0) is 17.9 Å². The number of carboxylic acid groups (broad SMARTS) is 1. The van der Waals surface area contributed by atoms with Gasteiger partial charge in [-0.2, -0.15) is 10.2 Å². The van der Waals surface area contributed by atoms with E-state index >= 15 is 0 Å². The highest BCUT2D eigenvalue weighted by Crippen LogP contribution is 2.33. The lowest BCUT2D eigenvalue weighted by molar-refractivity contribution is -0.137. The van der Waals surface area contributed by atoms with Gasteiger partial charge in [0.05, 0.1) is 5.69 Å². The second kappa shape index (κ2) is 6.97. The average Bonchev–Trinajstić information content (AvgIpc) is 3.18. The number of carbonyl (C=O) groups is 1. The van der Waals surface area contributed by atoms with E-state index in [0.717, 1.165) is 0 Å². The SMILES string of the molecule is Cc1nc(Cn2nc(-c3c(C)n(CC(=O)O)c4ccc(F)cc34)ccc2=O)n[nH]1. The third-order valence-electron chi connectivity index (χ3n) is 4.64. The van der Waals surface area contributed by atoms with Crippen molar-refractivity contribution in [2.45, 2.75) is 26.9 Å². The first-order valence-corrected chi connectivity index (χ1v) is 8.80. The van der Waals surface area contributed by atoms with Crippen LogP contribution in [0.1, 0.15) is 17.3 Å². The molecular formula is C19H17FN6O3. The van der Waals surface area contributed by atoms with E-state index in [1.807, 2.05) is 0 Å². The molecule has 0 saturated carbocycles. The number of benzene rings is 1. The largest absolute Gasteiger partial charge is 0.480 e. The molecule has 0 amide bonds. The summed E-state index contributed by atoms with van der Waals surface area (Å²) in [6.07, 6.45) is 0. The van der Waals surface area contributed by atoms with E-state index in [-0.39, 0.29) is 18.6 Å². The molecule has 2 N–H and O–H groups in total. The van der Waals surface area contributed by atoms with Gasteiger partial charge in [-0.3, -0.25) is 14.7 Å². The van der Waals surface area contributed by atoms with Crippen molar-refractivity contribution < 1.29 is 14.3 Å². The maximum Gasteiger partial charge on any atom is 0.323 e. The Morgan fingerprint density at radius 2 is 2.03 bits per heavy atom. The quantitative estimate of drug-likeness (QED) is 0.532. The van der Waals surface area contributed by atoms with Crippen LogP contribution in [0.5, 0.6) is 0 Å². The molecule has 0 aliphatic rings. The number of fused-ring (bicyclic) bond motifs is 1. The predicted molar refractivity (Wildman–Crippen MR) is 102 cm³/mol. The highest BCUT2D eigenvalue weighted by atomic mass is 19.1. The Kier molecular flexibility index (Phi) is 4.45. The molecule has 148 valence electrons. The summed E-state index contributed by atoms with van der Waals surface area (Å²) < 4.78 is 16.8. The zero-order valence-corrected chi connectivity index (χ0v) is 15.7. The minimum absolute atomic E-state index is 0.0676. The van der Waals surface area contributed by atoms with Crippen molar-refractivity contribution in [1.29, 1.82) is 0 Å². The highest BCUT2D eigenvalue weighted by Gasteiger charge is 2.19. The number of hydrogen-bond donors (Lipinski definition) is 2. The number of aromatic nitrogens is 6. The molecule has 0 aliphatic carbocycles. The standard InChI is InChI=1S/C19H17FN6O3/c1-10-19(13-7-12(20)3-5-15(13)25(10)9-18(28)29)14-4-6-17(27)26(24-14)8-16-21-11(2)22-23-16/h3-7H,8-9H2,1-2H3,(H,28,29)(H,21,22,23). The van der Waals surface area contributed by atoms with Crippen LogP contribution in [0.15, 0.2) is 35.1 Å². The number of nitrogens with one attached hydrogen (secondary N) is 1. The third kappa shape index (κ3) is 3.40. The fourth-order valence-electron chi connectivity index (χ4n) is 3.41. The molecule has 4 aromatic rings. The topological polar surface area (TPSA) is 119 Å². The van der Waals surface area contributed by atoms with Gasteiger partial charge in [-0.1, -0.05) is 0 Å². The molecule has 4 rings (SSSR count). The zero-order valence-electron chi connectivity index (χ0n) is 15.7. The van der Waals surface area contributed by atoms with Crippen LogP contribution >= 0.6 is 0 Å². The zero-order chi connectivity index (χ0) is 20.7. The first-order chi connectivity index (χ1) is 13.8. The van der Waals surface area contributed by atoms with Crippen LogP contribution < -0.4 is 5.56 Å². The van der Waals surface area contributed by atoms with E-state index < -0.39 is 11.8 Å². The van der Waals surface area contributed by atoms with Gasteiger partial charge in [0, 0.05) is 28.2 Å². The van der Waals surface area contributed by atoms with Crippen molar-refractivity contribution in [3.8, 4) is 11.3 Å². The van der Waals surface area contributed by atoms with E-state index in [0.29, 0.717) is 39.5 Å². The number of hydrogen-bond acceptors (Lipinski definition) is 5. The van der Waals surface area contributed by atoms with Gasteiger partial charge in [0.25, 0.3) is 5.56 Å². The van der Waals surface area contributed by atoms with Gasteiger partial charge in [-0.25, -0.2) is 14.1 Å². The minimum Gasteiger partial charge on any atom is -0.480 e. The Labute approximate surface area is 163 Å². The Hall–Kier alpha value is -3.82. The monoisotopic (exact) mass is 396 g/mol. The second-order valence-corrected chi connectivity index (χ2v) is 6.65. The van der Waals surface area contributed by atoms with E-state index in [9.17, 15) is 19.1 Å². The molecule has 0 fully saturated rings. The maximum atomic E-state index is 13.9. The Morgan fingerprint density at radius 3 is 2.72 bits per heavy atom. The number of aryl methyl sites for hydroxylation is 1. The van der Waals surface area contributed by atoms with Crippen molar-refractivity contribution in [2.75, 3.05) is 0 Å². The molecule has 0 atom stereocenters. The lowest BCUT2D eigenvalue weighted by atomic mass is 10.1. The summed E-state index contributed by atoms with van der Waals surface area (Å²) >= 11 is 0. The van der Waals surface area contributed by atoms with E-state index in [4.69, 9.17) is 0 Å². The molecule has 3 aromatic heterocycles. The summed E-state index contributed by atoms with van der Waals surface area (Å²) in [4.78, 5) is 27.7. The van der Waals surface area contributed by atoms with Gasteiger partial charge >= 0.3 is 5.97 Å². The lowest BCUT2D eigenvalue weighted by Gasteiger charge is -2.07. The summed E-state index contributed by atoms with van der Waals surface area (Å²) in [6.45, 7) is 3.28. The molecule has 10 heteroatoms. The van der Waals surface area contributed by atoms with Gasteiger partial charge < -0.3 is 9.67 Å². The van der Waals surface area contributed by atoms with E-state index in [2.05, 4.69) is 20.3 Å². The molecule has 0 unspecified atom stereocenters. The molecule has 0 spiro atoms. The van der Waals surface area contributed by atoms with Crippen LogP contribution in [0.2, 0.25) is 0 Å². The second-order valence-electron chi connectivity index (χ2n) is 6.65. The Balaban J connectivity index is 1.89. The molecule has 0 aliphatic heterocycles. The van der Waals surface area contributed by atoms with Gasteiger partial charge in [0.2, 0.25) is 0 Å². The smallest absolute Gasteiger partial charge is 0.323 e. The van der Waals surface area contributed by atoms with Crippen molar-refractivity contribution in [3.63, 3.8) is 0 Å². The molecular weight excluding hydrogens is 379 g/mol. The first kappa shape index (κ1) is 18.5. The molecule has 29 heavy (non-hydrogen) atoms. The maximum absolute atomic E-state index is 13.9. The van der Waals surface area contributed by atoms with Crippen molar-refractivity contribution in [1.82, 2.24) is 29.5 Å². The summed E-state index contributed by atoms with van der Waals surface area (Å²) in [5.41, 5.74) is 1.84. The van der Waals surface area contributed by atoms with Crippen molar-refractivity contribution in [3.05, 3.63) is 63.8 Å². The number of carboxylic acids is 1. The van der Waals surface area contributed by atoms with Crippen LogP contribution in [0.4, 0.5) is 4.39 Å². The Bertz CT molecular complexity index is 1300. The summed E-state index contributed by atoms with van der Waals surface area (Å²) in [5.74, 6) is -0.438. The summed E-state index contributed by atoms with van der Waals surface area (Å²) in [7, 11) is 0. The van der Waals surface area contributed by atoms with Crippen LogP contribution in [-0.4, -0.2) is 40.6 Å². The van der Waals surface area contributed by atoms with Crippen molar-refractivity contribution in [2.24, 2.45) is 0 Å². The summed E-state index contributed by atoms with van der Waals surface area (Å²) in [6, 6.07) is 7.06. The van der Waals surface area contributed by atoms with Gasteiger partial charge in [-0.15, -0.1) is 0 Å². The van der Waals surface area contributed by atoms with E-state index in [1.165, 1.54) is 28.9 Å². The normalized spacial score (nSPS) is 11.3. The number of H-pyrrole nitrogens is 1. The number of halogens is 1. The van der Waals surface area contributed by atoms with Crippen LogP contribution in [0.3, 0.4) is 0 Å². The van der Waals surface area contributed by atoms with E-state index in [1.54, 1.807) is 24.5 Å². The lowest BCUT2D eigenvalue weighted by Crippen LogP contribution is -2.23. The molecule has 0 saturated heterocycles. The van der Waals surface area contributed by atoms with Gasteiger partial charge in [-0.05, 0) is 38.1 Å². The third-order valence-corrected chi connectivity index (χ3v) is 4.64. The van der Waals surface area contributed by atoms with Gasteiger partial charge in [0.1, 0.15) is 24.7 Å². The molecule has 0 radical (unpaired) electrons. The van der Waals surface area contributed by atoms with Crippen LogP contribution in [0.25, 0.3) is 22.2 Å². The molecule has 1 aromatic carbocycles.